The van der Waals surface area contributed by atoms with E-state index >= 15 is 0 Å². The van der Waals surface area contributed by atoms with Gasteiger partial charge in [0.25, 0.3) is 5.91 Å². The van der Waals surface area contributed by atoms with Crippen LogP contribution >= 0.6 is 19.6 Å². The minimum Gasteiger partial charge on any atom is -0.397 e. The van der Waals surface area contributed by atoms with Gasteiger partial charge in [0.15, 0.2) is 0 Å². The van der Waals surface area contributed by atoms with Crippen LogP contribution in [0, 0.1) is 5.92 Å². The number of carbonyl (C=O) groups excluding carboxylic acids is 1. The molecule has 0 aliphatic carbocycles. The molecule has 1 amide bonds. The standard InChI is InChI=1S/C25H27N2O5PS/c1-30-33(29)32-23(15-17-10-12-31-13-11-17)18-4-6-19(7-5-18)25(28)27-22-16-20(8-9-21(22)26)24-3-2-14-34-24/h2-9,14,16-17,23H,10-13,15,26H2,1H3/p+1. The SMILES string of the molecule is CO[P+](=O)OC(CC1CCOCC1)c1ccc(C(=O)Nc2cc(-c3cccs3)ccc2N)cc1. The van der Waals surface area contributed by atoms with E-state index in [0.29, 0.717) is 29.3 Å². The largest absolute Gasteiger partial charge is 0.697 e. The van der Waals surface area contributed by atoms with Crippen molar-refractivity contribution in [1.82, 2.24) is 0 Å². The molecule has 3 N–H and O–H groups in total. The third kappa shape index (κ3) is 6.29. The molecular formula is C25H28N2O5PS+. The number of amides is 1. The summed E-state index contributed by atoms with van der Waals surface area (Å²) in [5.74, 6) is 0.159. The van der Waals surface area contributed by atoms with Crippen molar-refractivity contribution >= 4 is 36.9 Å². The number of benzene rings is 2. The van der Waals surface area contributed by atoms with Gasteiger partial charge in [-0.3, -0.25) is 4.79 Å². The molecule has 178 valence electrons. The summed E-state index contributed by atoms with van der Waals surface area (Å²) in [6, 6.07) is 16.8. The van der Waals surface area contributed by atoms with Gasteiger partial charge in [-0.25, -0.2) is 0 Å². The molecule has 0 radical (unpaired) electrons. The van der Waals surface area contributed by atoms with E-state index in [0.717, 1.165) is 42.1 Å². The first kappa shape index (κ1) is 24.5. The Bertz CT molecular complexity index is 1110. The predicted molar refractivity (Wildman–Crippen MR) is 135 cm³/mol. The van der Waals surface area contributed by atoms with Crippen LogP contribution in [0.25, 0.3) is 10.4 Å². The molecule has 9 heteroatoms. The van der Waals surface area contributed by atoms with Crippen molar-refractivity contribution in [2.24, 2.45) is 5.92 Å². The molecule has 1 saturated heterocycles. The Kier molecular flexibility index (Phi) is 8.43. The number of nitrogens with two attached hydrogens (primary N) is 1. The molecule has 0 bridgehead atoms. The number of nitrogens with one attached hydrogen (secondary N) is 1. The highest BCUT2D eigenvalue weighted by Crippen LogP contribution is 2.38. The van der Waals surface area contributed by atoms with E-state index in [1.54, 1.807) is 29.5 Å². The van der Waals surface area contributed by atoms with Crippen molar-refractivity contribution in [3.8, 4) is 10.4 Å². The van der Waals surface area contributed by atoms with E-state index < -0.39 is 8.25 Å². The van der Waals surface area contributed by atoms with Crippen LogP contribution in [0.4, 0.5) is 11.4 Å². The lowest BCUT2D eigenvalue weighted by Crippen LogP contribution is -2.18. The smallest absolute Gasteiger partial charge is 0.397 e. The lowest BCUT2D eigenvalue weighted by atomic mass is 9.91. The van der Waals surface area contributed by atoms with Gasteiger partial charge in [-0.05, 0) is 72.0 Å². The normalized spacial score (nSPS) is 15.6. The lowest BCUT2D eigenvalue weighted by molar-refractivity contribution is 0.0469. The quantitative estimate of drug-likeness (QED) is 0.260. The van der Waals surface area contributed by atoms with Gasteiger partial charge in [-0.15, -0.1) is 20.4 Å². The van der Waals surface area contributed by atoms with Crippen LogP contribution in [0.2, 0.25) is 0 Å². The van der Waals surface area contributed by atoms with Crippen LogP contribution in [0.3, 0.4) is 0 Å². The van der Waals surface area contributed by atoms with E-state index in [1.807, 2.05) is 41.8 Å². The van der Waals surface area contributed by atoms with Crippen LogP contribution in [0.5, 0.6) is 0 Å². The van der Waals surface area contributed by atoms with Gasteiger partial charge in [-0.1, -0.05) is 24.3 Å². The Hall–Kier alpha value is -2.61. The molecule has 2 heterocycles. The van der Waals surface area contributed by atoms with E-state index in [4.69, 9.17) is 19.5 Å². The van der Waals surface area contributed by atoms with E-state index in [9.17, 15) is 9.36 Å². The number of anilines is 2. The maximum atomic E-state index is 12.9. The minimum absolute atomic E-state index is 0.258. The maximum Gasteiger partial charge on any atom is 0.697 e. The topological polar surface area (TPSA) is 99.9 Å². The zero-order valence-corrected chi connectivity index (χ0v) is 20.6. The van der Waals surface area contributed by atoms with Crippen molar-refractivity contribution in [3.63, 3.8) is 0 Å². The molecule has 1 aliphatic rings. The zero-order chi connectivity index (χ0) is 23.9. The molecule has 2 aromatic carbocycles. The molecular weight excluding hydrogens is 471 g/mol. The second-order valence-corrected chi connectivity index (χ2v) is 10.1. The van der Waals surface area contributed by atoms with Gasteiger partial charge in [0, 0.05) is 28.2 Å². The summed E-state index contributed by atoms with van der Waals surface area (Å²) < 4.78 is 27.9. The number of hydrogen-bond donors (Lipinski definition) is 2. The highest BCUT2D eigenvalue weighted by Gasteiger charge is 2.30. The summed E-state index contributed by atoms with van der Waals surface area (Å²) in [5, 5.41) is 4.92. The second kappa shape index (κ2) is 11.7. The van der Waals surface area contributed by atoms with Gasteiger partial charge < -0.3 is 15.8 Å². The molecule has 1 fully saturated rings. The molecule has 0 spiro atoms. The predicted octanol–water partition coefficient (Wildman–Crippen LogP) is 6.43. The summed E-state index contributed by atoms with van der Waals surface area (Å²) in [6.07, 6.45) is 2.21. The van der Waals surface area contributed by atoms with Crippen LogP contribution < -0.4 is 11.1 Å². The summed E-state index contributed by atoms with van der Waals surface area (Å²) in [5.41, 5.74) is 9.51. The van der Waals surface area contributed by atoms with Crippen molar-refractivity contribution in [2.75, 3.05) is 31.4 Å². The fourth-order valence-corrected chi connectivity index (χ4v) is 5.20. The van der Waals surface area contributed by atoms with Crippen LogP contribution in [0.1, 0.15) is 41.3 Å². The Labute approximate surface area is 204 Å². The lowest BCUT2D eigenvalue weighted by Gasteiger charge is -2.24. The number of thiophene rings is 1. The highest BCUT2D eigenvalue weighted by molar-refractivity contribution is 7.33. The van der Waals surface area contributed by atoms with Gasteiger partial charge in [-0.2, -0.15) is 0 Å². The third-order valence-electron chi connectivity index (χ3n) is 5.90. The van der Waals surface area contributed by atoms with Crippen molar-refractivity contribution < 1.29 is 23.1 Å². The first-order chi connectivity index (χ1) is 16.5. The Morgan fingerprint density at radius 2 is 1.97 bits per heavy atom. The van der Waals surface area contributed by atoms with Crippen LogP contribution in [-0.4, -0.2) is 26.2 Å². The Balaban J connectivity index is 1.47. The van der Waals surface area contributed by atoms with Crippen molar-refractivity contribution in [3.05, 3.63) is 71.1 Å². The minimum atomic E-state index is -2.22. The molecule has 7 nitrogen and oxygen atoms in total. The first-order valence-electron chi connectivity index (χ1n) is 11.1. The summed E-state index contributed by atoms with van der Waals surface area (Å²) in [7, 11) is -0.860. The van der Waals surface area contributed by atoms with E-state index in [1.165, 1.54) is 7.11 Å². The molecule has 4 rings (SSSR count). The number of rotatable bonds is 9. The second-order valence-electron chi connectivity index (χ2n) is 8.15. The van der Waals surface area contributed by atoms with Gasteiger partial charge >= 0.3 is 8.25 Å². The van der Waals surface area contributed by atoms with Crippen LogP contribution in [0.15, 0.2) is 60.0 Å². The molecule has 2 atom stereocenters. The van der Waals surface area contributed by atoms with Gasteiger partial charge in [0.2, 0.25) is 0 Å². The average Bonchev–Trinajstić information content (AvgIpc) is 3.41. The third-order valence-corrected chi connectivity index (χ3v) is 7.55. The number of hydrogen-bond acceptors (Lipinski definition) is 7. The molecule has 2 unspecified atom stereocenters. The fraction of sp³-hybridized carbons (Fsp3) is 0.320. The molecule has 1 aliphatic heterocycles. The summed E-state index contributed by atoms with van der Waals surface area (Å²) in [4.78, 5) is 14.0. The summed E-state index contributed by atoms with van der Waals surface area (Å²) in [6.45, 7) is 1.45. The Morgan fingerprint density at radius 3 is 2.65 bits per heavy atom. The molecule has 1 aromatic heterocycles. The molecule has 3 aromatic rings. The average molecular weight is 500 g/mol. The molecule has 0 saturated carbocycles. The van der Waals surface area contributed by atoms with Gasteiger partial charge in [0.1, 0.15) is 6.10 Å². The molecule has 34 heavy (non-hydrogen) atoms. The highest BCUT2D eigenvalue weighted by atomic mass is 32.1. The van der Waals surface area contributed by atoms with E-state index in [2.05, 4.69) is 5.32 Å². The van der Waals surface area contributed by atoms with Crippen molar-refractivity contribution in [1.29, 1.82) is 0 Å². The summed E-state index contributed by atoms with van der Waals surface area (Å²) >= 11 is 1.63. The first-order valence-corrected chi connectivity index (χ1v) is 13.1. The zero-order valence-electron chi connectivity index (χ0n) is 18.9. The van der Waals surface area contributed by atoms with E-state index in [-0.39, 0.29) is 12.0 Å². The number of ether oxygens (including phenoxy) is 1. The number of nitrogen functional groups attached to an aromatic ring is 1. The number of carbonyl (C=O) groups is 1. The Morgan fingerprint density at radius 1 is 1.21 bits per heavy atom. The monoisotopic (exact) mass is 499 g/mol. The maximum absolute atomic E-state index is 12.9. The fourth-order valence-electron chi connectivity index (χ4n) is 3.98. The van der Waals surface area contributed by atoms with Gasteiger partial charge in [0.05, 0.1) is 18.5 Å². The van der Waals surface area contributed by atoms with Crippen molar-refractivity contribution in [2.45, 2.75) is 25.4 Å². The van der Waals surface area contributed by atoms with Crippen LogP contribution in [-0.2, 0) is 18.3 Å².